The Hall–Kier alpha value is -2.09. The van der Waals surface area contributed by atoms with Crippen LogP contribution in [0, 0.1) is 0 Å². The van der Waals surface area contributed by atoms with Crippen LogP contribution in [0.2, 0.25) is 0 Å². The Morgan fingerprint density at radius 3 is 2.95 bits per heavy atom. The molecule has 0 aliphatic rings. The monoisotopic (exact) mass is 279 g/mol. The molecule has 0 unspecified atom stereocenters. The first-order valence-electron chi connectivity index (χ1n) is 5.59. The average Bonchev–Trinajstić information content (AvgIpc) is 2.78. The zero-order valence-corrected chi connectivity index (χ0v) is 11.3. The number of carbonyl (C=O) groups excluding carboxylic acids is 1. The van der Waals surface area contributed by atoms with Crippen molar-refractivity contribution >= 4 is 23.4 Å². The minimum Gasteiger partial charge on any atom is -0.462 e. The predicted octanol–water partition coefficient (Wildman–Crippen LogP) is 1.12. The number of nitrogens with zero attached hydrogens (tertiary/aromatic N) is 4. The summed E-state index contributed by atoms with van der Waals surface area (Å²) in [4.78, 5) is 12.4. The molecule has 0 radical (unpaired) electrons. The molecule has 100 valence electrons. The summed E-state index contributed by atoms with van der Waals surface area (Å²) in [5, 5.41) is 11.7. The SMILES string of the molecule is CCOC(=O)c1cccc(Sc2nnnn2C)c1N. The minimum absolute atomic E-state index is 0.308. The topological polar surface area (TPSA) is 95.9 Å². The van der Waals surface area contributed by atoms with Gasteiger partial charge in [-0.25, -0.2) is 9.48 Å². The Labute approximate surface area is 114 Å². The number of hydrogen-bond acceptors (Lipinski definition) is 7. The Balaban J connectivity index is 2.30. The van der Waals surface area contributed by atoms with E-state index in [1.54, 1.807) is 32.2 Å². The summed E-state index contributed by atoms with van der Waals surface area (Å²) in [6, 6.07) is 5.18. The highest BCUT2D eigenvalue weighted by Gasteiger charge is 2.15. The van der Waals surface area contributed by atoms with Gasteiger partial charge in [-0.1, -0.05) is 6.07 Å². The number of tetrazole rings is 1. The largest absolute Gasteiger partial charge is 0.462 e. The highest BCUT2D eigenvalue weighted by molar-refractivity contribution is 7.99. The highest BCUT2D eigenvalue weighted by atomic mass is 32.2. The number of nitrogen functional groups attached to an aromatic ring is 1. The van der Waals surface area contributed by atoms with Gasteiger partial charge in [-0.3, -0.25) is 0 Å². The minimum atomic E-state index is -0.432. The average molecular weight is 279 g/mol. The van der Waals surface area contributed by atoms with Gasteiger partial charge in [-0.2, -0.15) is 0 Å². The van der Waals surface area contributed by atoms with Crippen LogP contribution in [-0.2, 0) is 11.8 Å². The molecule has 0 aliphatic carbocycles. The molecule has 1 aromatic carbocycles. The van der Waals surface area contributed by atoms with Gasteiger partial charge >= 0.3 is 5.97 Å². The molecule has 0 fully saturated rings. The van der Waals surface area contributed by atoms with Crippen molar-refractivity contribution in [2.24, 2.45) is 7.05 Å². The zero-order valence-electron chi connectivity index (χ0n) is 10.5. The van der Waals surface area contributed by atoms with E-state index in [1.807, 2.05) is 0 Å². The fourth-order valence-electron chi connectivity index (χ4n) is 1.43. The van der Waals surface area contributed by atoms with E-state index in [1.165, 1.54) is 16.4 Å². The van der Waals surface area contributed by atoms with E-state index in [4.69, 9.17) is 10.5 Å². The normalized spacial score (nSPS) is 10.4. The summed E-state index contributed by atoms with van der Waals surface area (Å²) in [5.41, 5.74) is 6.70. The molecule has 0 bridgehead atoms. The maximum atomic E-state index is 11.7. The number of anilines is 1. The molecular weight excluding hydrogens is 266 g/mol. The van der Waals surface area contributed by atoms with Crippen molar-refractivity contribution in [3.8, 4) is 0 Å². The number of aryl methyl sites for hydroxylation is 1. The standard InChI is InChI=1S/C11H13N5O2S/c1-3-18-10(17)7-5-4-6-8(9(7)12)19-11-13-14-15-16(11)2/h4-6H,3,12H2,1-2H3. The molecule has 0 amide bonds. The van der Waals surface area contributed by atoms with E-state index in [0.717, 1.165) is 0 Å². The number of benzene rings is 1. The summed E-state index contributed by atoms with van der Waals surface area (Å²) in [6.07, 6.45) is 0. The fraction of sp³-hybridized carbons (Fsp3) is 0.273. The highest BCUT2D eigenvalue weighted by Crippen LogP contribution is 2.32. The smallest absolute Gasteiger partial charge is 0.340 e. The Bertz CT molecular complexity index is 599. The van der Waals surface area contributed by atoms with Crippen LogP contribution in [0.1, 0.15) is 17.3 Å². The van der Waals surface area contributed by atoms with Gasteiger partial charge in [-0.05, 0) is 41.2 Å². The van der Waals surface area contributed by atoms with Crippen molar-refractivity contribution in [3.05, 3.63) is 23.8 Å². The van der Waals surface area contributed by atoms with Gasteiger partial charge in [0.1, 0.15) is 0 Å². The maximum absolute atomic E-state index is 11.7. The first-order chi connectivity index (χ1) is 9.13. The second-order valence-corrected chi connectivity index (χ2v) is 4.63. The van der Waals surface area contributed by atoms with Crippen LogP contribution < -0.4 is 5.73 Å². The molecule has 0 saturated carbocycles. The molecular formula is C11H13N5O2S. The lowest BCUT2D eigenvalue weighted by atomic mass is 10.2. The van der Waals surface area contributed by atoms with Gasteiger partial charge in [-0.15, -0.1) is 5.10 Å². The Morgan fingerprint density at radius 2 is 2.32 bits per heavy atom. The number of para-hydroxylation sites is 1. The number of ether oxygens (including phenoxy) is 1. The maximum Gasteiger partial charge on any atom is 0.340 e. The van der Waals surface area contributed by atoms with Gasteiger partial charge in [0.15, 0.2) is 0 Å². The van der Waals surface area contributed by atoms with Crippen molar-refractivity contribution in [2.45, 2.75) is 17.0 Å². The molecule has 2 rings (SSSR count). The molecule has 2 N–H and O–H groups in total. The fourth-order valence-corrected chi connectivity index (χ4v) is 2.24. The summed E-state index contributed by atoms with van der Waals surface area (Å²) in [7, 11) is 1.73. The molecule has 1 heterocycles. The van der Waals surface area contributed by atoms with Crippen molar-refractivity contribution in [2.75, 3.05) is 12.3 Å². The van der Waals surface area contributed by atoms with Gasteiger partial charge < -0.3 is 10.5 Å². The van der Waals surface area contributed by atoms with E-state index in [2.05, 4.69) is 15.5 Å². The van der Waals surface area contributed by atoms with E-state index in [0.29, 0.717) is 27.9 Å². The van der Waals surface area contributed by atoms with Gasteiger partial charge in [0.2, 0.25) is 5.16 Å². The number of hydrogen-bond donors (Lipinski definition) is 1. The number of nitrogens with two attached hydrogens (primary N) is 1. The molecule has 0 aliphatic heterocycles. The third kappa shape index (κ3) is 2.84. The first kappa shape index (κ1) is 13.3. The van der Waals surface area contributed by atoms with Crippen molar-refractivity contribution in [1.29, 1.82) is 0 Å². The van der Waals surface area contributed by atoms with Crippen LogP contribution in [0.3, 0.4) is 0 Å². The number of carbonyl (C=O) groups is 1. The third-order valence-electron chi connectivity index (χ3n) is 2.34. The van der Waals surface area contributed by atoms with Gasteiger partial charge in [0.05, 0.1) is 17.9 Å². The molecule has 0 spiro atoms. The van der Waals surface area contributed by atoms with E-state index >= 15 is 0 Å². The molecule has 7 nitrogen and oxygen atoms in total. The summed E-state index contributed by atoms with van der Waals surface area (Å²) >= 11 is 1.29. The van der Waals surface area contributed by atoms with Crippen LogP contribution in [0.4, 0.5) is 5.69 Å². The van der Waals surface area contributed by atoms with E-state index in [9.17, 15) is 4.79 Å². The lowest BCUT2D eigenvalue weighted by Crippen LogP contribution is -2.08. The second-order valence-electron chi connectivity index (χ2n) is 3.62. The molecule has 0 atom stereocenters. The summed E-state index contributed by atoms with van der Waals surface area (Å²) in [6.45, 7) is 2.06. The van der Waals surface area contributed by atoms with Crippen molar-refractivity contribution < 1.29 is 9.53 Å². The van der Waals surface area contributed by atoms with E-state index in [-0.39, 0.29) is 0 Å². The Morgan fingerprint density at radius 1 is 1.53 bits per heavy atom. The van der Waals surface area contributed by atoms with Crippen LogP contribution in [0.15, 0.2) is 28.3 Å². The van der Waals surface area contributed by atoms with Crippen molar-refractivity contribution in [1.82, 2.24) is 20.2 Å². The summed E-state index contributed by atoms with van der Waals surface area (Å²) < 4.78 is 6.48. The molecule has 0 saturated heterocycles. The molecule has 19 heavy (non-hydrogen) atoms. The van der Waals surface area contributed by atoms with Crippen LogP contribution in [-0.4, -0.2) is 32.8 Å². The lowest BCUT2D eigenvalue weighted by molar-refractivity contribution is 0.0527. The van der Waals surface area contributed by atoms with Crippen molar-refractivity contribution in [3.63, 3.8) is 0 Å². The number of rotatable bonds is 4. The molecule has 1 aromatic heterocycles. The third-order valence-corrected chi connectivity index (χ3v) is 3.45. The number of esters is 1. The lowest BCUT2D eigenvalue weighted by Gasteiger charge is -2.09. The summed E-state index contributed by atoms with van der Waals surface area (Å²) in [5.74, 6) is -0.432. The van der Waals surface area contributed by atoms with Crippen LogP contribution in [0.25, 0.3) is 0 Å². The van der Waals surface area contributed by atoms with Crippen LogP contribution >= 0.6 is 11.8 Å². The second kappa shape index (κ2) is 5.70. The molecule has 8 heteroatoms. The van der Waals surface area contributed by atoms with Crippen LogP contribution in [0.5, 0.6) is 0 Å². The number of aromatic nitrogens is 4. The van der Waals surface area contributed by atoms with Gasteiger partial charge in [0, 0.05) is 11.9 Å². The zero-order chi connectivity index (χ0) is 13.8. The van der Waals surface area contributed by atoms with Gasteiger partial charge in [0.25, 0.3) is 0 Å². The quantitative estimate of drug-likeness (QED) is 0.661. The first-order valence-corrected chi connectivity index (χ1v) is 6.41. The molecule has 2 aromatic rings. The van der Waals surface area contributed by atoms with E-state index < -0.39 is 5.97 Å². The Kier molecular flexibility index (Phi) is 4.00. The predicted molar refractivity (Wildman–Crippen MR) is 69.7 cm³/mol.